The summed E-state index contributed by atoms with van der Waals surface area (Å²) in [7, 11) is 8.57. The van der Waals surface area contributed by atoms with Crippen LogP contribution in [0.3, 0.4) is 0 Å². The number of hydrogen-bond donors (Lipinski definition) is 1. The highest BCUT2D eigenvalue weighted by Crippen LogP contribution is 2.40. The predicted molar refractivity (Wildman–Crippen MR) is 87.6 cm³/mol. The zero-order valence-electron chi connectivity index (χ0n) is 14.6. The van der Waals surface area contributed by atoms with Crippen LogP contribution in [0.15, 0.2) is 12.1 Å². The first kappa shape index (κ1) is 18.9. The van der Waals surface area contributed by atoms with Crippen molar-refractivity contribution in [3.05, 3.63) is 17.7 Å². The number of rotatable bonds is 8. The van der Waals surface area contributed by atoms with E-state index in [1.807, 2.05) is 31.1 Å². The lowest BCUT2D eigenvalue weighted by atomic mass is 10.0. The van der Waals surface area contributed by atoms with Crippen molar-refractivity contribution in [2.75, 3.05) is 48.6 Å². The maximum absolute atomic E-state index is 11.5. The van der Waals surface area contributed by atoms with Crippen LogP contribution in [0.1, 0.15) is 18.5 Å². The Hall–Kier alpha value is -2.15. The predicted octanol–water partition coefficient (Wildman–Crippen LogP) is 2.06. The average Bonchev–Trinajstić information content (AvgIpc) is 2.53. The number of likely N-dealkylation sites (N-methyl/N-ethyl adjacent to an activating group) is 1. The minimum atomic E-state index is -0.438. The summed E-state index contributed by atoms with van der Waals surface area (Å²) in [6, 6.07) is 3.67. The molecule has 1 rings (SSSR count). The number of carbonyl (C=O) groups is 1. The van der Waals surface area contributed by atoms with E-state index < -0.39 is 6.09 Å². The maximum Gasteiger partial charge on any atom is 0.407 e. The molecular formula is C16H26N2O5. The van der Waals surface area contributed by atoms with Crippen LogP contribution in [0.2, 0.25) is 0 Å². The molecule has 1 atom stereocenters. The second kappa shape index (κ2) is 9.09. The smallest absolute Gasteiger partial charge is 0.407 e. The van der Waals surface area contributed by atoms with Crippen molar-refractivity contribution in [2.24, 2.45) is 0 Å². The van der Waals surface area contributed by atoms with E-state index in [4.69, 9.17) is 18.9 Å². The molecule has 0 aromatic heterocycles. The Morgan fingerprint density at radius 2 is 1.70 bits per heavy atom. The molecule has 0 aliphatic rings. The minimum Gasteiger partial charge on any atom is -0.493 e. The zero-order valence-corrected chi connectivity index (χ0v) is 14.6. The Morgan fingerprint density at radius 1 is 1.13 bits per heavy atom. The van der Waals surface area contributed by atoms with E-state index in [0.29, 0.717) is 30.4 Å². The SMILES string of the molecule is CCOC(=O)NCC(c1cc(OC)c(OC)c(OC)c1)N(C)C. The quantitative estimate of drug-likeness (QED) is 0.788. The maximum atomic E-state index is 11.5. The van der Waals surface area contributed by atoms with E-state index in [-0.39, 0.29) is 6.04 Å². The van der Waals surface area contributed by atoms with Crippen LogP contribution in [0.25, 0.3) is 0 Å². The molecule has 1 unspecified atom stereocenters. The van der Waals surface area contributed by atoms with E-state index in [1.54, 1.807) is 28.3 Å². The van der Waals surface area contributed by atoms with Crippen LogP contribution in [-0.4, -0.2) is 59.6 Å². The molecule has 7 heteroatoms. The third kappa shape index (κ3) is 4.92. The van der Waals surface area contributed by atoms with E-state index in [0.717, 1.165) is 5.56 Å². The van der Waals surface area contributed by atoms with Crippen LogP contribution in [0.5, 0.6) is 17.2 Å². The van der Waals surface area contributed by atoms with Crippen molar-refractivity contribution < 1.29 is 23.7 Å². The van der Waals surface area contributed by atoms with Gasteiger partial charge in [0.1, 0.15) is 0 Å². The average molecular weight is 326 g/mol. The molecule has 0 saturated carbocycles. The fraction of sp³-hybridized carbons (Fsp3) is 0.562. The fourth-order valence-corrected chi connectivity index (χ4v) is 2.25. The van der Waals surface area contributed by atoms with Gasteiger partial charge in [-0.05, 0) is 38.7 Å². The van der Waals surface area contributed by atoms with E-state index in [1.165, 1.54) is 0 Å². The Balaban J connectivity index is 3.09. The summed E-state index contributed by atoms with van der Waals surface area (Å²) in [5.41, 5.74) is 0.932. The molecule has 1 N–H and O–H groups in total. The van der Waals surface area contributed by atoms with Gasteiger partial charge >= 0.3 is 6.09 Å². The number of ether oxygens (including phenoxy) is 4. The normalized spacial score (nSPS) is 11.8. The highest BCUT2D eigenvalue weighted by atomic mass is 16.5. The third-order valence-electron chi connectivity index (χ3n) is 3.41. The topological polar surface area (TPSA) is 69.3 Å². The monoisotopic (exact) mass is 326 g/mol. The van der Waals surface area contributed by atoms with Crippen molar-refractivity contribution in [2.45, 2.75) is 13.0 Å². The molecule has 0 bridgehead atoms. The van der Waals surface area contributed by atoms with Crippen molar-refractivity contribution in [3.63, 3.8) is 0 Å². The van der Waals surface area contributed by atoms with E-state index in [2.05, 4.69) is 5.32 Å². The number of hydrogen-bond acceptors (Lipinski definition) is 6. The number of nitrogens with one attached hydrogen (secondary N) is 1. The first-order valence-electron chi connectivity index (χ1n) is 7.35. The van der Waals surface area contributed by atoms with Crippen LogP contribution >= 0.6 is 0 Å². The largest absolute Gasteiger partial charge is 0.493 e. The van der Waals surface area contributed by atoms with Gasteiger partial charge in [0.2, 0.25) is 5.75 Å². The molecule has 0 aliphatic heterocycles. The van der Waals surface area contributed by atoms with Gasteiger partial charge in [0, 0.05) is 6.54 Å². The van der Waals surface area contributed by atoms with Crippen molar-refractivity contribution >= 4 is 6.09 Å². The van der Waals surface area contributed by atoms with Gasteiger partial charge in [0.15, 0.2) is 11.5 Å². The molecule has 0 spiro atoms. The van der Waals surface area contributed by atoms with Crippen molar-refractivity contribution in [3.8, 4) is 17.2 Å². The number of nitrogens with zero attached hydrogens (tertiary/aromatic N) is 1. The first-order chi connectivity index (χ1) is 11.0. The lowest BCUT2D eigenvalue weighted by molar-refractivity contribution is 0.148. The minimum absolute atomic E-state index is 0.0758. The summed E-state index contributed by atoms with van der Waals surface area (Å²) in [6.45, 7) is 2.50. The molecule has 1 aromatic carbocycles. The molecule has 0 radical (unpaired) electrons. The summed E-state index contributed by atoms with van der Waals surface area (Å²) in [5.74, 6) is 1.68. The standard InChI is InChI=1S/C16H26N2O5/c1-7-23-16(19)17-10-12(18(2)3)11-8-13(20-4)15(22-6)14(9-11)21-5/h8-9,12H,7,10H2,1-6H3,(H,17,19). The van der Waals surface area contributed by atoms with Crippen LogP contribution < -0.4 is 19.5 Å². The lowest BCUT2D eigenvalue weighted by Gasteiger charge is -2.26. The number of carbonyl (C=O) groups excluding carboxylic acids is 1. The van der Waals surface area contributed by atoms with Gasteiger partial charge < -0.3 is 29.2 Å². The van der Waals surface area contributed by atoms with Gasteiger partial charge in [0.05, 0.1) is 34.0 Å². The Bertz CT molecular complexity index is 494. The molecule has 0 heterocycles. The number of benzene rings is 1. The summed E-state index contributed by atoms with van der Waals surface area (Å²) in [5, 5.41) is 2.75. The highest BCUT2D eigenvalue weighted by molar-refractivity contribution is 5.67. The molecule has 7 nitrogen and oxygen atoms in total. The van der Waals surface area contributed by atoms with Gasteiger partial charge in [0.25, 0.3) is 0 Å². The lowest BCUT2D eigenvalue weighted by Crippen LogP contribution is -2.34. The fourth-order valence-electron chi connectivity index (χ4n) is 2.25. The highest BCUT2D eigenvalue weighted by Gasteiger charge is 2.21. The summed E-state index contributed by atoms with van der Waals surface area (Å²) >= 11 is 0. The second-order valence-corrected chi connectivity index (χ2v) is 5.04. The summed E-state index contributed by atoms with van der Waals surface area (Å²) in [6.07, 6.45) is -0.438. The summed E-state index contributed by atoms with van der Waals surface area (Å²) in [4.78, 5) is 13.5. The molecule has 0 fully saturated rings. The molecule has 130 valence electrons. The number of amides is 1. The molecule has 1 amide bonds. The Morgan fingerprint density at radius 3 is 2.09 bits per heavy atom. The molecular weight excluding hydrogens is 300 g/mol. The van der Waals surface area contributed by atoms with Gasteiger partial charge in [-0.3, -0.25) is 0 Å². The van der Waals surface area contributed by atoms with Gasteiger partial charge in [-0.1, -0.05) is 0 Å². The second-order valence-electron chi connectivity index (χ2n) is 5.04. The number of methoxy groups -OCH3 is 3. The molecule has 23 heavy (non-hydrogen) atoms. The third-order valence-corrected chi connectivity index (χ3v) is 3.41. The molecule has 0 saturated heterocycles. The first-order valence-corrected chi connectivity index (χ1v) is 7.35. The van der Waals surface area contributed by atoms with Crippen LogP contribution in [0.4, 0.5) is 4.79 Å². The van der Waals surface area contributed by atoms with Gasteiger partial charge in [-0.25, -0.2) is 4.79 Å². The zero-order chi connectivity index (χ0) is 17.4. The van der Waals surface area contributed by atoms with Crippen LogP contribution in [-0.2, 0) is 4.74 Å². The number of alkyl carbamates (subject to hydrolysis) is 1. The van der Waals surface area contributed by atoms with E-state index in [9.17, 15) is 4.79 Å². The van der Waals surface area contributed by atoms with Gasteiger partial charge in [-0.2, -0.15) is 0 Å². The Kier molecular flexibility index (Phi) is 7.47. The molecule has 1 aromatic rings. The summed E-state index contributed by atoms with van der Waals surface area (Å²) < 4.78 is 21.0. The molecule has 0 aliphatic carbocycles. The van der Waals surface area contributed by atoms with Crippen molar-refractivity contribution in [1.82, 2.24) is 10.2 Å². The Labute approximate surface area is 137 Å². The van der Waals surface area contributed by atoms with Gasteiger partial charge in [-0.15, -0.1) is 0 Å². The van der Waals surface area contributed by atoms with Crippen LogP contribution in [0, 0.1) is 0 Å². The van der Waals surface area contributed by atoms with E-state index >= 15 is 0 Å². The van der Waals surface area contributed by atoms with Crippen molar-refractivity contribution in [1.29, 1.82) is 0 Å².